The second kappa shape index (κ2) is 15.4. The highest BCUT2D eigenvalue weighted by atomic mass is 16.8. The number of hydrogen-bond donors (Lipinski definition) is 0. The molecule has 0 spiro atoms. The van der Waals surface area contributed by atoms with E-state index < -0.39 is 24.1 Å². The van der Waals surface area contributed by atoms with Crippen molar-refractivity contribution < 1.29 is 14.0 Å². The Hall–Kier alpha value is -1.62. The Morgan fingerprint density at radius 2 is 0.794 bits per heavy atom. The van der Waals surface area contributed by atoms with Gasteiger partial charge >= 0.3 is 7.32 Å². The first-order valence-corrected chi connectivity index (χ1v) is 12.6. The second-order valence-corrected chi connectivity index (χ2v) is 10.7. The number of rotatable bonds is 18. The van der Waals surface area contributed by atoms with Gasteiger partial charge in [-0.25, -0.2) is 0 Å². The maximum Gasteiger partial charge on any atom is 0.641 e. The molecular formula is C30H51BO3. The molecule has 0 amide bonds. The van der Waals surface area contributed by atoms with E-state index in [0.29, 0.717) is 0 Å². The summed E-state index contributed by atoms with van der Waals surface area (Å²) in [4.78, 5) is 0. The fraction of sp³-hybridized carbons (Fsp3) is 0.600. The molecule has 34 heavy (non-hydrogen) atoms. The van der Waals surface area contributed by atoms with Gasteiger partial charge in [0.25, 0.3) is 0 Å². The lowest BCUT2D eigenvalue weighted by atomic mass is 9.92. The molecule has 0 rings (SSSR count). The van der Waals surface area contributed by atoms with Crippen LogP contribution in [0.3, 0.4) is 0 Å². The summed E-state index contributed by atoms with van der Waals surface area (Å²) in [6, 6.07) is 0. The lowest BCUT2D eigenvalue weighted by molar-refractivity contribution is -0.0467. The molecule has 0 aliphatic carbocycles. The van der Waals surface area contributed by atoms with E-state index in [1.165, 1.54) is 16.7 Å². The summed E-state index contributed by atoms with van der Waals surface area (Å²) >= 11 is 0. The zero-order valence-corrected chi connectivity index (χ0v) is 23.6. The van der Waals surface area contributed by atoms with Gasteiger partial charge in [0.1, 0.15) is 0 Å². The Kier molecular flexibility index (Phi) is 14.7. The van der Waals surface area contributed by atoms with Crippen LogP contribution in [0.2, 0.25) is 0 Å². The molecule has 0 bridgehead atoms. The molecule has 3 unspecified atom stereocenters. The molecular weight excluding hydrogens is 419 g/mol. The van der Waals surface area contributed by atoms with E-state index in [-0.39, 0.29) is 0 Å². The predicted octanol–water partition coefficient (Wildman–Crippen LogP) is 9.09. The first kappa shape index (κ1) is 32.4. The molecule has 4 heteroatoms. The number of hydrogen-bond acceptors (Lipinski definition) is 3. The van der Waals surface area contributed by atoms with Crippen LogP contribution in [0.4, 0.5) is 0 Å². The summed E-state index contributed by atoms with van der Waals surface area (Å²) in [5.41, 5.74) is 2.02. The Bertz CT molecular complexity index is 638. The van der Waals surface area contributed by atoms with Crippen molar-refractivity contribution in [2.24, 2.45) is 0 Å². The molecule has 0 heterocycles. The first-order valence-electron chi connectivity index (χ1n) is 12.6. The third-order valence-corrected chi connectivity index (χ3v) is 5.97. The molecule has 0 aromatic carbocycles. The predicted molar refractivity (Wildman–Crippen MR) is 151 cm³/mol. The van der Waals surface area contributed by atoms with E-state index in [4.69, 9.17) is 14.0 Å². The van der Waals surface area contributed by atoms with Crippen LogP contribution in [0.25, 0.3) is 0 Å². The van der Waals surface area contributed by atoms with Crippen molar-refractivity contribution in [3.8, 4) is 0 Å². The van der Waals surface area contributed by atoms with E-state index in [9.17, 15) is 0 Å². The van der Waals surface area contributed by atoms with Crippen LogP contribution in [0.15, 0.2) is 72.9 Å². The first-order chi connectivity index (χ1) is 15.7. The normalized spacial score (nSPS) is 16.1. The van der Waals surface area contributed by atoms with Gasteiger partial charge in [-0.3, -0.25) is 0 Å². The van der Waals surface area contributed by atoms with E-state index in [2.05, 4.69) is 79.5 Å². The van der Waals surface area contributed by atoms with Crippen LogP contribution in [0, 0.1) is 0 Å². The Balaban J connectivity index is 5.86. The van der Waals surface area contributed by atoms with Crippen LogP contribution in [-0.2, 0) is 14.0 Å². The lowest BCUT2D eigenvalue weighted by Crippen LogP contribution is -2.48. The van der Waals surface area contributed by atoms with E-state index >= 15 is 0 Å². The molecule has 3 nitrogen and oxygen atoms in total. The van der Waals surface area contributed by atoms with Crippen molar-refractivity contribution in [1.29, 1.82) is 0 Å². The summed E-state index contributed by atoms with van der Waals surface area (Å²) in [6.07, 6.45) is 17.1. The smallest absolute Gasteiger partial charge is 0.377 e. The van der Waals surface area contributed by atoms with Gasteiger partial charge in [-0.15, -0.1) is 19.7 Å². The van der Waals surface area contributed by atoms with Crippen molar-refractivity contribution >= 4 is 7.32 Å². The van der Waals surface area contributed by atoms with E-state index in [1.54, 1.807) is 0 Å². The highest BCUT2D eigenvalue weighted by Crippen LogP contribution is 2.30. The molecule has 192 valence electrons. The molecule has 0 aromatic heterocycles. The summed E-state index contributed by atoms with van der Waals surface area (Å²) in [7, 11) is -0.904. The van der Waals surface area contributed by atoms with Crippen molar-refractivity contribution in [3.63, 3.8) is 0 Å². The minimum atomic E-state index is -0.904. The largest absolute Gasteiger partial charge is 0.641 e. The molecule has 0 fully saturated rings. The molecule has 0 saturated heterocycles. The zero-order valence-electron chi connectivity index (χ0n) is 23.6. The SMILES string of the molecule is C=CC(C)(CCC=C(C)C)OB(OC(C)(C=C)CCC=C(C)C)OC(C)(C=C)CCC=C(C)C. The molecule has 0 aliphatic rings. The lowest BCUT2D eigenvalue weighted by Gasteiger charge is -2.38. The van der Waals surface area contributed by atoms with Crippen molar-refractivity contribution in [2.45, 2.75) is 118 Å². The van der Waals surface area contributed by atoms with Crippen molar-refractivity contribution in [3.05, 3.63) is 72.9 Å². The maximum absolute atomic E-state index is 6.50. The summed E-state index contributed by atoms with van der Waals surface area (Å²) in [5, 5.41) is 0. The van der Waals surface area contributed by atoms with Crippen molar-refractivity contribution in [1.82, 2.24) is 0 Å². The van der Waals surface area contributed by atoms with Crippen LogP contribution >= 0.6 is 0 Å². The molecule has 0 saturated carbocycles. The van der Waals surface area contributed by atoms with Gasteiger partial charge in [-0.1, -0.05) is 53.2 Å². The third-order valence-electron chi connectivity index (χ3n) is 5.97. The second-order valence-electron chi connectivity index (χ2n) is 10.7. The Morgan fingerprint density at radius 1 is 0.559 bits per heavy atom. The molecule has 3 atom stereocenters. The fourth-order valence-electron chi connectivity index (χ4n) is 3.30. The average Bonchev–Trinajstić information content (AvgIpc) is 2.72. The molecule has 0 aromatic rings. The molecule has 0 N–H and O–H groups in total. The van der Waals surface area contributed by atoms with E-state index in [0.717, 1.165) is 38.5 Å². The van der Waals surface area contributed by atoms with Gasteiger partial charge in [0.2, 0.25) is 0 Å². The third kappa shape index (κ3) is 13.9. The quantitative estimate of drug-likeness (QED) is 0.148. The minimum Gasteiger partial charge on any atom is -0.377 e. The van der Waals surface area contributed by atoms with Gasteiger partial charge in [0, 0.05) is 0 Å². The summed E-state index contributed by atoms with van der Waals surface area (Å²) in [5.74, 6) is 0. The van der Waals surface area contributed by atoms with Crippen LogP contribution in [0.5, 0.6) is 0 Å². The van der Waals surface area contributed by atoms with Gasteiger partial charge in [0.15, 0.2) is 0 Å². The Labute approximate surface area is 211 Å². The number of allylic oxidation sites excluding steroid dienone is 6. The highest BCUT2D eigenvalue weighted by molar-refractivity contribution is 6.37. The highest BCUT2D eigenvalue weighted by Gasteiger charge is 2.41. The monoisotopic (exact) mass is 470 g/mol. The summed E-state index contributed by atoms with van der Waals surface area (Å²) in [6.45, 7) is 30.8. The van der Waals surface area contributed by atoms with Crippen LogP contribution < -0.4 is 0 Å². The standard InChI is InChI=1S/C30H51BO3/c1-13-28(10,22-16-19-25(4)5)32-31(33-29(11,14-2)23-17-20-26(6)7)34-30(12,15-3)24-18-21-27(8)9/h13-15,19-21H,1-3,16-18,22-24H2,4-12H3. The zero-order chi connectivity index (χ0) is 26.4. The maximum atomic E-state index is 6.50. The molecule has 0 aliphatic heterocycles. The van der Waals surface area contributed by atoms with Gasteiger partial charge in [-0.2, -0.15) is 0 Å². The minimum absolute atomic E-state index is 0.611. The molecule has 0 radical (unpaired) electrons. The topological polar surface area (TPSA) is 27.7 Å². The van der Waals surface area contributed by atoms with Gasteiger partial charge < -0.3 is 14.0 Å². The van der Waals surface area contributed by atoms with E-state index in [1.807, 2.05) is 39.0 Å². The van der Waals surface area contributed by atoms with Crippen LogP contribution in [0.1, 0.15) is 101 Å². The fourth-order valence-corrected chi connectivity index (χ4v) is 3.30. The van der Waals surface area contributed by atoms with Gasteiger partial charge in [0.05, 0.1) is 16.8 Å². The van der Waals surface area contributed by atoms with Crippen LogP contribution in [-0.4, -0.2) is 24.1 Å². The van der Waals surface area contributed by atoms with Gasteiger partial charge in [-0.05, 0) is 101 Å². The summed E-state index contributed by atoms with van der Waals surface area (Å²) < 4.78 is 19.5. The average molecular weight is 471 g/mol. The Morgan fingerprint density at radius 3 is 0.971 bits per heavy atom. The van der Waals surface area contributed by atoms with Crippen molar-refractivity contribution in [2.75, 3.05) is 0 Å².